The predicted molar refractivity (Wildman–Crippen MR) is 68.6 cm³/mol. The van der Waals surface area contributed by atoms with Crippen molar-refractivity contribution in [1.29, 1.82) is 0 Å². The van der Waals surface area contributed by atoms with Gasteiger partial charge in [0.1, 0.15) is 0 Å². The molecule has 1 aromatic carbocycles. The van der Waals surface area contributed by atoms with E-state index in [1.165, 1.54) is 18.7 Å². The van der Waals surface area contributed by atoms with E-state index < -0.39 is 11.4 Å². The summed E-state index contributed by atoms with van der Waals surface area (Å²) < 4.78 is 0. The molecule has 0 spiro atoms. The van der Waals surface area contributed by atoms with Crippen LogP contribution in [0.5, 0.6) is 0 Å². The van der Waals surface area contributed by atoms with Gasteiger partial charge in [-0.15, -0.1) is 11.8 Å². The van der Waals surface area contributed by atoms with Gasteiger partial charge in [-0.05, 0) is 32.9 Å². The summed E-state index contributed by atoms with van der Waals surface area (Å²) in [6.45, 7) is 4.90. The van der Waals surface area contributed by atoms with Crippen molar-refractivity contribution in [3.63, 3.8) is 0 Å². The monoisotopic (exact) mass is 252 g/mol. The molecule has 1 rings (SSSR count). The first kappa shape index (κ1) is 13.8. The highest BCUT2D eigenvalue weighted by atomic mass is 32.2. The Morgan fingerprint density at radius 1 is 1.35 bits per heavy atom. The van der Waals surface area contributed by atoms with Crippen LogP contribution < -0.4 is 0 Å². The SMILES string of the molecule is CC(=O)c1cccc(SCC(C)(C)C(=O)O)c1. The van der Waals surface area contributed by atoms with E-state index in [9.17, 15) is 9.59 Å². The maximum Gasteiger partial charge on any atom is 0.309 e. The number of benzene rings is 1. The number of carboxylic acids is 1. The Balaban J connectivity index is 2.73. The molecule has 3 nitrogen and oxygen atoms in total. The van der Waals surface area contributed by atoms with Crippen LogP contribution in [0.2, 0.25) is 0 Å². The van der Waals surface area contributed by atoms with E-state index >= 15 is 0 Å². The summed E-state index contributed by atoms with van der Waals surface area (Å²) in [6.07, 6.45) is 0. The van der Waals surface area contributed by atoms with Gasteiger partial charge in [-0.2, -0.15) is 0 Å². The van der Waals surface area contributed by atoms with E-state index in [0.29, 0.717) is 11.3 Å². The van der Waals surface area contributed by atoms with Crippen molar-refractivity contribution in [2.45, 2.75) is 25.7 Å². The lowest BCUT2D eigenvalue weighted by Crippen LogP contribution is -2.26. The molecule has 0 unspecified atom stereocenters. The second-order valence-corrected chi connectivity index (χ2v) is 5.61. The highest BCUT2D eigenvalue weighted by molar-refractivity contribution is 7.99. The van der Waals surface area contributed by atoms with Crippen molar-refractivity contribution in [2.75, 3.05) is 5.75 Å². The summed E-state index contributed by atoms with van der Waals surface area (Å²) >= 11 is 1.45. The summed E-state index contributed by atoms with van der Waals surface area (Å²) in [5, 5.41) is 8.99. The van der Waals surface area contributed by atoms with E-state index in [0.717, 1.165) is 4.90 Å². The number of carbonyl (C=O) groups excluding carboxylic acids is 1. The fraction of sp³-hybridized carbons (Fsp3) is 0.385. The minimum atomic E-state index is -0.812. The zero-order chi connectivity index (χ0) is 13.1. The zero-order valence-electron chi connectivity index (χ0n) is 10.2. The third kappa shape index (κ3) is 3.89. The topological polar surface area (TPSA) is 54.4 Å². The van der Waals surface area contributed by atoms with Gasteiger partial charge in [0.05, 0.1) is 5.41 Å². The summed E-state index contributed by atoms with van der Waals surface area (Å²) in [5.41, 5.74) is -0.111. The van der Waals surface area contributed by atoms with Gasteiger partial charge in [0.25, 0.3) is 0 Å². The van der Waals surface area contributed by atoms with Gasteiger partial charge in [0.2, 0.25) is 0 Å². The molecule has 0 amide bonds. The van der Waals surface area contributed by atoms with Crippen molar-refractivity contribution < 1.29 is 14.7 Å². The first-order valence-electron chi connectivity index (χ1n) is 5.30. The number of Topliss-reactive ketones (excluding diaryl/α,β-unsaturated/α-hetero) is 1. The molecule has 4 heteroatoms. The standard InChI is InChI=1S/C13H16O3S/c1-9(14)10-5-4-6-11(7-10)17-8-13(2,3)12(15)16/h4-7H,8H2,1-3H3,(H,15,16). The first-order valence-corrected chi connectivity index (χ1v) is 6.29. The second-order valence-electron chi connectivity index (χ2n) is 4.56. The minimum Gasteiger partial charge on any atom is -0.481 e. The maximum absolute atomic E-state index is 11.2. The molecule has 0 aliphatic heterocycles. The van der Waals surface area contributed by atoms with Gasteiger partial charge in [0, 0.05) is 16.2 Å². The van der Waals surface area contributed by atoms with Gasteiger partial charge in [-0.1, -0.05) is 12.1 Å². The Morgan fingerprint density at radius 3 is 2.53 bits per heavy atom. The summed E-state index contributed by atoms with van der Waals surface area (Å²) in [5.74, 6) is -0.318. The van der Waals surface area contributed by atoms with Crippen LogP contribution in [0.1, 0.15) is 31.1 Å². The van der Waals surface area contributed by atoms with Crippen LogP contribution in [0.15, 0.2) is 29.2 Å². The number of ketones is 1. The van der Waals surface area contributed by atoms with Crippen molar-refractivity contribution in [3.05, 3.63) is 29.8 Å². The molecule has 0 bridgehead atoms. The molecule has 0 atom stereocenters. The van der Waals surface area contributed by atoms with E-state index in [1.54, 1.807) is 26.0 Å². The van der Waals surface area contributed by atoms with E-state index in [-0.39, 0.29) is 5.78 Å². The van der Waals surface area contributed by atoms with E-state index in [4.69, 9.17) is 5.11 Å². The summed E-state index contributed by atoms with van der Waals surface area (Å²) in [6, 6.07) is 7.25. The van der Waals surface area contributed by atoms with Crippen LogP contribution in [-0.2, 0) is 4.79 Å². The number of hydrogen-bond donors (Lipinski definition) is 1. The number of hydrogen-bond acceptors (Lipinski definition) is 3. The lowest BCUT2D eigenvalue weighted by molar-refractivity contribution is -0.145. The zero-order valence-corrected chi connectivity index (χ0v) is 11.0. The molecule has 0 radical (unpaired) electrons. The summed E-state index contributed by atoms with van der Waals surface area (Å²) in [7, 11) is 0. The molecule has 92 valence electrons. The van der Waals surface area contributed by atoms with Crippen molar-refractivity contribution in [1.82, 2.24) is 0 Å². The number of thioether (sulfide) groups is 1. The molecule has 1 aromatic rings. The second kappa shape index (κ2) is 5.36. The van der Waals surface area contributed by atoms with Crippen LogP contribution in [0.25, 0.3) is 0 Å². The fourth-order valence-corrected chi connectivity index (χ4v) is 2.17. The predicted octanol–water partition coefficient (Wildman–Crippen LogP) is 3.09. The average Bonchev–Trinajstić information content (AvgIpc) is 2.26. The van der Waals surface area contributed by atoms with Crippen LogP contribution in [-0.4, -0.2) is 22.6 Å². The van der Waals surface area contributed by atoms with Crippen molar-refractivity contribution in [2.24, 2.45) is 5.41 Å². The van der Waals surface area contributed by atoms with Gasteiger partial charge in [-0.3, -0.25) is 9.59 Å². The quantitative estimate of drug-likeness (QED) is 0.646. The highest BCUT2D eigenvalue weighted by Crippen LogP contribution is 2.28. The Morgan fingerprint density at radius 2 is 2.00 bits per heavy atom. The number of carboxylic acid groups (broad SMARTS) is 1. The van der Waals surface area contributed by atoms with Crippen LogP contribution in [0.4, 0.5) is 0 Å². The largest absolute Gasteiger partial charge is 0.481 e. The van der Waals surface area contributed by atoms with Crippen LogP contribution in [0, 0.1) is 5.41 Å². The highest BCUT2D eigenvalue weighted by Gasteiger charge is 2.27. The molecular weight excluding hydrogens is 236 g/mol. The molecule has 0 fully saturated rings. The molecule has 0 saturated heterocycles. The Labute approximate surface area is 105 Å². The third-order valence-corrected chi connectivity index (χ3v) is 3.87. The lowest BCUT2D eigenvalue weighted by Gasteiger charge is -2.18. The molecule has 0 heterocycles. The first-order chi connectivity index (χ1) is 7.83. The molecule has 17 heavy (non-hydrogen) atoms. The van der Waals surface area contributed by atoms with Gasteiger partial charge < -0.3 is 5.11 Å². The van der Waals surface area contributed by atoms with Gasteiger partial charge >= 0.3 is 5.97 Å². The van der Waals surface area contributed by atoms with Gasteiger partial charge in [0.15, 0.2) is 5.78 Å². The van der Waals surface area contributed by atoms with Crippen molar-refractivity contribution >= 4 is 23.5 Å². The van der Waals surface area contributed by atoms with Crippen LogP contribution in [0.3, 0.4) is 0 Å². The molecule has 0 saturated carbocycles. The molecule has 0 aromatic heterocycles. The third-order valence-electron chi connectivity index (χ3n) is 2.42. The maximum atomic E-state index is 11.2. The molecule has 0 aliphatic rings. The van der Waals surface area contributed by atoms with Gasteiger partial charge in [-0.25, -0.2) is 0 Å². The number of aliphatic carboxylic acids is 1. The summed E-state index contributed by atoms with van der Waals surface area (Å²) in [4.78, 5) is 23.1. The molecular formula is C13H16O3S. The van der Waals surface area contributed by atoms with Crippen LogP contribution >= 0.6 is 11.8 Å². The molecule has 0 aliphatic carbocycles. The normalized spacial score (nSPS) is 11.2. The Bertz CT molecular complexity index is 438. The fourth-order valence-electron chi connectivity index (χ4n) is 1.13. The minimum absolute atomic E-state index is 0.0185. The molecule has 1 N–H and O–H groups in total. The van der Waals surface area contributed by atoms with E-state index in [2.05, 4.69) is 0 Å². The Hall–Kier alpha value is -1.29. The van der Waals surface area contributed by atoms with E-state index in [1.807, 2.05) is 12.1 Å². The lowest BCUT2D eigenvalue weighted by atomic mass is 9.97. The Kier molecular flexibility index (Phi) is 4.34. The number of rotatable bonds is 5. The average molecular weight is 252 g/mol. The van der Waals surface area contributed by atoms with Crippen molar-refractivity contribution in [3.8, 4) is 0 Å². The number of carbonyl (C=O) groups is 2. The smallest absolute Gasteiger partial charge is 0.309 e.